The number of halogens is 1. The number of hydrogen-bond donors (Lipinski definition) is 2. The van der Waals surface area contributed by atoms with Gasteiger partial charge in [0, 0.05) is 11.1 Å². The van der Waals surface area contributed by atoms with Gasteiger partial charge in [-0.25, -0.2) is 9.22 Å². The lowest BCUT2D eigenvalue weighted by molar-refractivity contribution is 0.584. The number of nitrogens with zero attached hydrogens (tertiary/aromatic N) is 2. The van der Waals surface area contributed by atoms with E-state index in [1.165, 1.54) is 24.5 Å². The maximum Gasteiger partial charge on any atom is 0.276 e. The highest BCUT2D eigenvalue weighted by Gasteiger charge is 2.16. The summed E-state index contributed by atoms with van der Waals surface area (Å²) >= 11 is 0. The fraction of sp³-hybridized carbons (Fsp3) is 0.111. The number of benzene rings is 2. The fourth-order valence-electron chi connectivity index (χ4n) is 2.45. The topological polar surface area (TPSA) is 87.2 Å². The minimum absolute atomic E-state index is 0.181. The molecule has 1 aromatic heterocycles. The van der Waals surface area contributed by atoms with Crippen LogP contribution in [-0.4, -0.2) is 24.8 Å². The molecule has 0 saturated heterocycles. The van der Waals surface area contributed by atoms with Gasteiger partial charge >= 0.3 is 0 Å². The van der Waals surface area contributed by atoms with Crippen LogP contribution < -0.4 is 4.83 Å². The summed E-state index contributed by atoms with van der Waals surface area (Å²) in [6.07, 6.45) is 2.86. The van der Waals surface area contributed by atoms with E-state index in [4.69, 9.17) is 0 Å². The van der Waals surface area contributed by atoms with E-state index in [9.17, 15) is 12.8 Å². The zero-order chi connectivity index (χ0) is 18.7. The van der Waals surface area contributed by atoms with E-state index < -0.39 is 10.0 Å². The Morgan fingerprint density at radius 1 is 1.15 bits per heavy atom. The summed E-state index contributed by atoms with van der Waals surface area (Å²) in [5.41, 5.74) is 3.37. The van der Waals surface area contributed by atoms with Gasteiger partial charge in [0.1, 0.15) is 5.82 Å². The zero-order valence-electron chi connectivity index (χ0n) is 14.2. The van der Waals surface area contributed by atoms with Crippen LogP contribution >= 0.6 is 0 Å². The molecule has 0 aliphatic carbocycles. The molecule has 0 spiro atoms. The zero-order valence-corrected chi connectivity index (χ0v) is 15.0. The van der Waals surface area contributed by atoms with Crippen LogP contribution in [0.4, 0.5) is 4.39 Å². The van der Waals surface area contributed by atoms with Crippen LogP contribution in [0.5, 0.6) is 0 Å². The minimum atomic E-state index is -3.78. The maximum absolute atomic E-state index is 13.1. The molecular weight excluding hydrogens is 355 g/mol. The second-order valence-corrected chi connectivity index (χ2v) is 7.46. The van der Waals surface area contributed by atoms with Crippen LogP contribution in [0.25, 0.3) is 11.3 Å². The minimum Gasteiger partial charge on any atom is -0.277 e. The lowest BCUT2D eigenvalue weighted by Gasteiger charge is -2.07. The normalized spacial score (nSPS) is 11.8. The van der Waals surface area contributed by atoms with E-state index in [-0.39, 0.29) is 10.7 Å². The van der Waals surface area contributed by atoms with E-state index in [0.717, 1.165) is 5.56 Å². The second-order valence-electron chi connectivity index (χ2n) is 5.83. The van der Waals surface area contributed by atoms with Crippen molar-refractivity contribution >= 4 is 16.2 Å². The molecule has 0 bridgehead atoms. The van der Waals surface area contributed by atoms with E-state index in [0.29, 0.717) is 22.4 Å². The number of H-pyrrole nitrogens is 1. The average Bonchev–Trinajstić information content (AvgIpc) is 3.06. The third-order valence-electron chi connectivity index (χ3n) is 3.81. The van der Waals surface area contributed by atoms with Gasteiger partial charge in [-0.15, -0.1) is 0 Å². The lowest BCUT2D eigenvalue weighted by Crippen LogP contribution is -2.19. The molecule has 26 heavy (non-hydrogen) atoms. The van der Waals surface area contributed by atoms with Crippen LogP contribution in [-0.2, 0) is 10.0 Å². The Balaban J connectivity index is 1.82. The molecule has 134 valence electrons. The molecule has 8 heteroatoms. The van der Waals surface area contributed by atoms with Gasteiger partial charge in [0.05, 0.1) is 23.0 Å². The quantitative estimate of drug-likeness (QED) is 0.533. The van der Waals surface area contributed by atoms with Gasteiger partial charge in [-0.3, -0.25) is 5.10 Å². The summed E-state index contributed by atoms with van der Waals surface area (Å²) in [5, 5.41) is 10.6. The first-order valence-corrected chi connectivity index (χ1v) is 9.26. The van der Waals surface area contributed by atoms with E-state index in [1.54, 1.807) is 31.2 Å². The number of sulfonamides is 1. The summed E-state index contributed by atoms with van der Waals surface area (Å²) < 4.78 is 37.9. The molecule has 0 radical (unpaired) electrons. The van der Waals surface area contributed by atoms with E-state index >= 15 is 0 Å². The van der Waals surface area contributed by atoms with Gasteiger partial charge in [0.15, 0.2) is 0 Å². The Bertz CT molecular complexity index is 1060. The lowest BCUT2D eigenvalue weighted by atomic mass is 10.1. The van der Waals surface area contributed by atoms with Crippen LogP contribution in [0.2, 0.25) is 0 Å². The summed E-state index contributed by atoms with van der Waals surface area (Å²) in [7, 11) is -3.78. The van der Waals surface area contributed by atoms with Gasteiger partial charge < -0.3 is 0 Å². The number of nitrogens with one attached hydrogen (secondary N) is 2. The predicted molar refractivity (Wildman–Crippen MR) is 97.8 cm³/mol. The standard InChI is InChI=1S/C18H17FN4O2S/c1-12-3-4-13(2)17(9-12)26(24,25)23-21-11-15-10-20-22-18(15)14-5-7-16(19)8-6-14/h3-11,23H,1-2H3,(H,20,22). The van der Waals surface area contributed by atoms with Gasteiger partial charge in [-0.1, -0.05) is 12.1 Å². The molecule has 1 heterocycles. The first-order chi connectivity index (χ1) is 12.4. The van der Waals surface area contributed by atoms with E-state index in [2.05, 4.69) is 20.1 Å². The molecular formula is C18H17FN4O2S. The Labute approximate surface area is 150 Å². The Morgan fingerprint density at radius 3 is 2.62 bits per heavy atom. The SMILES string of the molecule is Cc1ccc(C)c(S(=O)(=O)NN=Cc2cn[nH]c2-c2ccc(F)cc2)c1. The molecule has 0 fully saturated rings. The van der Waals surface area contributed by atoms with Crippen LogP contribution in [0, 0.1) is 19.7 Å². The molecule has 0 aliphatic heterocycles. The summed E-state index contributed by atoms with van der Waals surface area (Å²) in [6.45, 7) is 3.54. The maximum atomic E-state index is 13.1. The monoisotopic (exact) mass is 372 g/mol. The Kier molecular flexibility index (Phi) is 4.85. The smallest absolute Gasteiger partial charge is 0.276 e. The van der Waals surface area contributed by atoms with Crippen molar-refractivity contribution in [1.82, 2.24) is 15.0 Å². The molecule has 0 atom stereocenters. The highest BCUT2D eigenvalue weighted by molar-refractivity contribution is 7.89. The number of hydrogen-bond acceptors (Lipinski definition) is 4. The van der Waals surface area contributed by atoms with Crippen molar-refractivity contribution in [3.63, 3.8) is 0 Å². The van der Waals surface area contributed by atoms with E-state index in [1.807, 2.05) is 13.0 Å². The first-order valence-electron chi connectivity index (χ1n) is 7.78. The molecule has 3 aromatic rings. The Morgan fingerprint density at radius 2 is 1.88 bits per heavy atom. The van der Waals surface area contributed by atoms with Crippen molar-refractivity contribution in [2.75, 3.05) is 0 Å². The van der Waals surface area contributed by atoms with Crippen molar-refractivity contribution in [2.24, 2.45) is 5.10 Å². The third kappa shape index (κ3) is 3.80. The molecule has 2 N–H and O–H groups in total. The average molecular weight is 372 g/mol. The second kappa shape index (κ2) is 7.09. The summed E-state index contributed by atoms with van der Waals surface area (Å²) in [6, 6.07) is 11.0. The Hall–Kier alpha value is -3.00. The highest BCUT2D eigenvalue weighted by Crippen LogP contribution is 2.20. The molecule has 0 aliphatic rings. The number of rotatable bonds is 5. The highest BCUT2D eigenvalue weighted by atomic mass is 32.2. The van der Waals surface area contributed by atoms with Crippen LogP contribution in [0.3, 0.4) is 0 Å². The van der Waals surface area contributed by atoms with Gasteiger partial charge in [0.2, 0.25) is 0 Å². The molecule has 0 unspecified atom stereocenters. The third-order valence-corrected chi connectivity index (χ3v) is 5.18. The number of aryl methyl sites for hydroxylation is 2. The predicted octanol–water partition coefficient (Wildman–Crippen LogP) is 3.15. The molecule has 3 rings (SSSR count). The first kappa shape index (κ1) is 17.8. The summed E-state index contributed by atoms with van der Waals surface area (Å²) in [5.74, 6) is -0.343. The molecule has 6 nitrogen and oxygen atoms in total. The molecule has 2 aromatic carbocycles. The largest absolute Gasteiger partial charge is 0.277 e. The van der Waals surface area contributed by atoms with Gasteiger partial charge in [-0.05, 0) is 55.3 Å². The van der Waals surface area contributed by atoms with Crippen molar-refractivity contribution < 1.29 is 12.8 Å². The number of hydrazone groups is 1. The van der Waals surface area contributed by atoms with Crippen molar-refractivity contribution in [3.8, 4) is 11.3 Å². The number of aromatic nitrogens is 2. The fourth-order valence-corrected chi connectivity index (χ4v) is 3.58. The summed E-state index contributed by atoms with van der Waals surface area (Å²) in [4.78, 5) is 2.39. The van der Waals surface area contributed by atoms with Gasteiger partial charge in [-0.2, -0.15) is 18.6 Å². The van der Waals surface area contributed by atoms with Crippen LogP contribution in [0.1, 0.15) is 16.7 Å². The van der Waals surface area contributed by atoms with Gasteiger partial charge in [0.25, 0.3) is 10.0 Å². The van der Waals surface area contributed by atoms with Crippen molar-refractivity contribution in [1.29, 1.82) is 0 Å². The molecule has 0 saturated carbocycles. The van der Waals surface area contributed by atoms with Crippen molar-refractivity contribution in [2.45, 2.75) is 18.7 Å². The number of aromatic amines is 1. The van der Waals surface area contributed by atoms with Crippen LogP contribution in [0.15, 0.2) is 58.7 Å². The molecule has 0 amide bonds. The van der Waals surface area contributed by atoms with Crippen molar-refractivity contribution in [3.05, 3.63) is 71.2 Å².